The SMILES string of the molecule is COc1cccc(CC(CN)(CO)c2ccccc2)c1F. The van der Waals surface area contributed by atoms with Gasteiger partial charge in [0.15, 0.2) is 11.6 Å². The molecule has 0 fully saturated rings. The second-order valence-corrected chi connectivity index (χ2v) is 5.12. The lowest BCUT2D eigenvalue weighted by atomic mass is 9.76. The second kappa shape index (κ2) is 6.70. The summed E-state index contributed by atoms with van der Waals surface area (Å²) in [5.41, 5.74) is 6.59. The van der Waals surface area contributed by atoms with Crippen molar-refractivity contribution in [2.75, 3.05) is 20.3 Å². The highest BCUT2D eigenvalue weighted by Gasteiger charge is 2.31. The van der Waals surface area contributed by atoms with E-state index in [2.05, 4.69) is 0 Å². The van der Waals surface area contributed by atoms with E-state index in [4.69, 9.17) is 10.5 Å². The number of methoxy groups -OCH3 is 1. The molecule has 2 aromatic carbocycles. The molecular formula is C17H20FNO2. The first kappa shape index (κ1) is 15.5. The summed E-state index contributed by atoms with van der Waals surface area (Å²) in [6, 6.07) is 14.5. The number of hydrogen-bond donors (Lipinski definition) is 2. The van der Waals surface area contributed by atoms with Gasteiger partial charge in [0.25, 0.3) is 0 Å². The number of hydrogen-bond acceptors (Lipinski definition) is 3. The maximum Gasteiger partial charge on any atom is 0.168 e. The average Bonchev–Trinajstić information content (AvgIpc) is 2.55. The Bertz CT molecular complexity index is 583. The van der Waals surface area contributed by atoms with Crippen molar-refractivity contribution in [1.82, 2.24) is 0 Å². The minimum absolute atomic E-state index is 0.149. The molecule has 0 saturated heterocycles. The molecular weight excluding hydrogens is 269 g/mol. The lowest BCUT2D eigenvalue weighted by Gasteiger charge is -2.31. The van der Waals surface area contributed by atoms with Gasteiger partial charge in [-0.05, 0) is 23.6 Å². The zero-order chi connectivity index (χ0) is 15.3. The lowest BCUT2D eigenvalue weighted by molar-refractivity contribution is 0.195. The van der Waals surface area contributed by atoms with E-state index in [-0.39, 0.29) is 18.9 Å². The van der Waals surface area contributed by atoms with E-state index in [9.17, 15) is 9.50 Å². The third-order valence-electron chi connectivity index (χ3n) is 3.87. The van der Waals surface area contributed by atoms with Crippen LogP contribution in [0.5, 0.6) is 5.75 Å². The Labute approximate surface area is 124 Å². The first-order valence-corrected chi connectivity index (χ1v) is 6.84. The highest BCUT2D eigenvalue weighted by molar-refractivity contribution is 5.35. The molecule has 3 N–H and O–H groups in total. The van der Waals surface area contributed by atoms with Crippen LogP contribution in [-0.2, 0) is 11.8 Å². The Hall–Kier alpha value is -1.91. The number of aliphatic hydroxyl groups is 1. The van der Waals surface area contributed by atoms with Crippen LogP contribution in [0.25, 0.3) is 0 Å². The number of benzene rings is 2. The first-order valence-electron chi connectivity index (χ1n) is 6.84. The highest BCUT2D eigenvalue weighted by Crippen LogP contribution is 2.30. The number of rotatable bonds is 6. The summed E-state index contributed by atoms with van der Waals surface area (Å²) in [6.07, 6.45) is 0.313. The van der Waals surface area contributed by atoms with Crippen LogP contribution in [0.3, 0.4) is 0 Å². The zero-order valence-electron chi connectivity index (χ0n) is 12.1. The summed E-state index contributed by atoms with van der Waals surface area (Å²) in [4.78, 5) is 0. The van der Waals surface area contributed by atoms with Crippen LogP contribution in [0.15, 0.2) is 48.5 Å². The smallest absolute Gasteiger partial charge is 0.168 e. The summed E-state index contributed by atoms with van der Waals surface area (Å²) in [5, 5.41) is 9.87. The van der Waals surface area contributed by atoms with Crippen molar-refractivity contribution in [3.63, 3.8) is 0 Å². The van der Waals surface area contributed by atoms with Crippen molar-refractivity contribution < 1.29 is 14.2 Å². The molecule has 2 rings (SSSR count). The number of nitrogens with two attached hydrogens (primary N) is 1. The maximum absolute atomic E-state index is 14.3. The fraction of sp³-hybridized carbons (Fsp3) is 0.294. The largest absolute Gasteiger partial charge is 0.494 e. The first-order chi connectivity index (χ1) is 10.2. The summed E-state index contributed by atoms with van der Waals surface area (Å²) in [6.45, 7) is 0.0777. The summed E-state index contributed by atoms with van der Waals surface area (Å²) < 4.78 is 19.3. The van der Waals surface area contributed by atoms with Crippen LogP contribution >= 0.6 is 0 Å². The molecule has 0 aliphatic heterocycles. The standard InChI is InChI=1S/C17H20FNO2/c1-21-15-9-5-6-13(16(15)18)10-17(11-19,12-20)14-7-3-2-4-8-14/h2-9,20H,10-12,19H2,1H3. The quantitative estimate of drug-likeness (QED) is 0.857. The number of ether oxygens (including phenoxy) is 1. The van der Waals surface area contributed by atoms with Crippen LogP contribution < -0.4 is 10.5 Å². The van der Waals surface area contributed by atoms with Crippen molar-refractivity contribution in [2.45, 2.75) is 11.8 Å². The van der Waals surface area contributed by atoms with Gasteiger partial charge in [-0.25, -0.2) is 4.39 Å². The molecule has 0 aliphatic rings. The van der Waals surface area contributed by atoms with Gasteiger partial charge in [-0.15, -0.1) is 0 Å². The number of aliphatic hydroxyl groups excluding tert-OH is 1. The van der Waals surface area contributed by atoms with Crippen LogP contribution in [0.1, 0.15) is 11.1 Å². The molecule has 2 aromatic rings. The highest BCUT2D eigenvalue weighted by atomic mass is 19.1. The maximum atomic E-state index is 14.3. The van der Waals surface area contributed by atoms with Gasteiger partial charge in [0.05, 0.1) is 13.7 Å². The van der Waals surface area contributed by atoms with Crippen LogP contribution in [0.4, 0.5) is 4.39 Å². The van der Waals surface area contributed by atoms with Gasteiger partial charge in [-0.2, -0.15) is 0 Å². The van der Waals surface area contributed by atoms with E-state index < -0.39 is 11.2 Å². The van der Waals surface area contributed by atoms with E-state index in [1.807, 2.05) is 30.3 Å². The molecule has 0 heterocycles. The van der Waals surface area contributed by atoms with E-state index in [1.165, 1.54) is 7.11 Å². The van der Waals surface area contributed by atoms with Crippen molar-refractivity contribution in [3.05, 3.63) is 65.5 Å². The summed E-state index contributed by atoms with van der Waals surface area (Å²) in [5.74, 6) is -0.202. The Morgan fingerprint density at radius 2 is 1.86 bits per heavy atom. The van der Waals surface area contributed by atoms with Gasteiger partial charge in [-0.1, -0.05) is 42.5 Å². The van der Waals surface area contributed by atoms with Gasteiger partial charge in [0, 0.05) is 12.0 Å². The van der Waals surface area contributed by atoms with Crippen molar-refractivity contribution in [1.29, 1.82) is 0 Å². The minimum Gasteiger partial charge on any atom is -0.494 e. The second-order valence-electron chi connectivity index (χ2n) is 5.12. The normalized spacial score (nSPS) is 13.7. The molecule has 3 nitrogen and oxygen atoms in total. The van der Waals surface area contributed by atoms with Gasteiger partial charge >= 0.3 is 0 Å². The molecule has 1 atom stereocenters. The predicted octanol–water partition coefficient (Wildman–Crippen LogP) is 2.27. The van der Waals surface area contributed by atoms with Crippen LogP contribution in [0.2, 0.25) is 0 Å². The van der Waals surface area contributed by atoms with Gasteiger partial charge in [-0.3, -0.25) is 0 Å². The van der Waals surface area contributed by atoms with E-state index >= 15 is 0 Å². The van der Waals surface area contributed by atoms with Crippen molar-refractivity contribution in [2.24, 2.45) is 5.73 Å². The summed E-state index contributed by atoms with van der Waals surface area (Å²) >= 11 is 0. The van der Waals surface area contributed by atoms with Gasteiger partial charge < -0.3 is 15.6 Å². The Morgan fingerprint density at radius 1 is 1.14 bits per heavy atom. The van der Waals surface area contributed by atoms with Crippen LogP contribution in [0, 0.1) is 5.82 Å². The Morgan fingerprint density at radius 3 is 2.43 bits per heavy atom. The topological polar surface area (TPSA) is 55.5 Å². The third kappa shape index (κ3) is 3.06. The molecule has 0 aliphatic carbocycles. The molecule has 0 aromatic heterocycles. The van der Waals surface area contributed by atoms with Crippen LogP contribution in [-0.4, -0.2) is 25.4 Å². The van der Waals surface area contributed by atoms with Gasteiger partial charge in [0.2, 0.25) is 0 Å². The van der Waals surface area contributed by atoms with Gasteiger partial charge in [0.1, 0.15) is 0 Å². The monoisotopic (exact) mass is 289 g/mol. The molecule has 0 amide bonds. The van der Waals surface area contributed by atoms with Crippen molar-refractivity contribution >= 4 is 0 Å². The van der Waals surface area contributed by atoms with Crippen molar-refractivity contribution in [3.8, 4) is 5.75 Å². The minimum atomic E-state index is -0.700. The third-order valence-corrected chi connectivity index (χ3v) is 3.87. The fourth-order valence-electron chi connectivity index (χ4n) is 2.51. The average molecular weight is 289 g/mol. The molecule has 21 heavy (non-hydrogen) atoms. The zero-order valence-corrected chi connectivity index (χ0v) is 12.1. The Balaban J connectivity index is 2.42. The molecule has 0 spiro atoms. The molecule has 1 unspecified atom stereocenters. The van der Waals surface area contributed by atoms with E-state index in [1.54, 1.807) is 18.2 Å². The molecule has 0 saturated carbocycles. The lowest BCUT2D eigenvalue weighted by Crippen LogP contribution is -2.41. The predicted molar refractivity (Wildman–Crippen MR) is 80.9 cm³/mol. The fourth-order valence-corrected chi connectivity index (χ4v) is 2.51. The summed E-state index contributed by atoms with van der Waals surface area (Å²) in [7, 11) is 1.43. The van der Waals surface area contributed by atoms with E-state index in [0.29, 0.717) is 12.0 Å². The molecule has 112 valence electrons. The number of halogens is 1. The Kier molecular flexibility index (Phi) is 4.94. The molecule has 0 bridgehead atoms. The van der Waals surface area contributed by atoms with E-state index in [0.717, 1.165) is 5.56 Å². The molecule has 4 heteroatoms. The molecule has 0 radical (unpaired) electrons.